The summed E-state index contributed by atoms with van der Waals surface area (Å²) >= 11 is 7.74. The topological polar surface area (TPSA) is 42.2 Å². The summed E-state index contributed by atoms with van der Waals surface area (Å²) in [6.45, 7) is 0. The molecule has 1 heterocycles. The molecule has 0 aliphatic heterocycles. The van der Waals surface area contributed by atoms with Crippen molar-refractivity contribution in [3.8, 4) is 0 Å². The maximum absolute atomic E-state index is 11.7. The zero-order valence-corrected chi connectivity index (χ0v) is 10.9. The van der Waals surface area contributed by atoms with Gasteiger partial charge in [-0.2, -0.15) is 0 Å². The molecule has 0 saturated heterocycles. The van der Waals surface area contributed by atoms with Gasteiger partial charge in [-0.15, -0.1) is 0 Å². The minimum absolute atomic E-state index is 0.199. The number of nitrogens with one attached hydrogen (secondary N) is 1. The van der Waals surface area contributed by atoms with Gasteiger partial charge in [0.25, 0.3) is 5.91 Å². The summed E-state index contributed by atoms with van der Waals surface area (Å²) in [4.78, 5) is 11.7. The molecular weight excluding hydrogens is 340 g/mol. The number of anilines is 1. The van der Waals surface area contributed by atoms with Crippen molar-refractivity contribution in [2.24, 2.45) is 0 Å². The normalized spacial score (nSPS) is 10.1. The molecule has 5 heteroatoms. The fraction of sp³-hybridized carbons (Fsp3) is 0. The van der Waals surface area contributed by atoms with E-state index < -0.39 is 0 Å². The highest BCUT2D eigenvalue weighted by Crippen LogP contribution is 2.19. The minimum Gasteiger partial charge on any atom is -0.440 e. The van der Waals surface area contributed by atoms with Gasteiger partial charge in [0.05, 0.1) is 5.69 Å². The van der Waals surface area contributed by atoms with Crippen LogP contribution in [0.4, 0.5) is 5.69 Å². The van der Waals surface area contributed by atoms with Crippen molar-refractivity contribution >= 4 is 45.8 Å². The Balaban J connectivity index is 2.17. The quantitative estimate of drug-likeness (QED) is 0.840. The van der Waals surface area contributed by atoms with E-state index in [9.17, 15) is 4.79 Å². The Labute approximate surface area is 111 Å². The van der Waals surface area contributed by atoms with Crippen LogP contribution in [0.15, 0.2) is 40.8 Å². The Hall–Kier alpha value is -1.01. The summed E-state index contributed by atoms with van der Waals surface area (Å²) in [5, 5.41) is 2.94. The van der Waals surface area contributed by atoms with Crippen LogP contribution in [0.1, 0.15) is 10.6 Å². The third-order valence-electron chi connectivity index (χ3n) is 1.92. The number of furan rings is 1. The largest absolute Gasteiger partial charge is 0.440 e. The SMILES string of the molecule is O=C(Nc1ccccc1I)c1ccc(Cl)o1. The van der Waals surface area contributed by atoms with E-state index in [2.05, 4.69) is 27.9 Å². The standard InChI is InChI=1S/C11H7ClINO2/c12-10-6-5-9(16-10)11(15)14-8-4-2-1-3-7(8)13/h1-6H,(H,14,15). The lowest BCUT2D eigenvalue weighted by molar-refractivity contribution is 0.0996. The second-order valence-electron chi connectivity index (χ2n) is 3.04. The molecule has 0 radical (unpaired) electrons. The summed E-state index contributed by atoms with van der Waals surface area (Å²) < 4.78 is 5.97. The molecule has 0 aliphatic carbocycles. The molecule has 0 atom stereocenters. The summed E-state index contributed by atoms with van der Waals surface area (Å²) in [6.07, 6.45) is 0. The third kappa shape index (κ3) is 2.56. The minimum atomic E-state index is -0.309. The molecule has 0 saturated carbocycles. The number of carbonyl (C=O) groups is 1. The Bertz CT molecular complexity index is 524. The number of halogens is 2. The van der Waals surface area contributed by atoms with E-state index in [1.54, 1.807) is 0 Å². The number of para-hydroxylation sites is 1. The highest BCUT2D eigenvalue weighted by atomic mass is 127. The van der Waals surface area contributed by atoms with Gasteiger partial charge >= 0.3 is 0 Å². The van der Waals surface area contributed by atoms with Crippen LogP contribution in [0.25, 0.3) is 0 Å². The molecule has 1 N–H and O–H groups in total. The first kappa shape index (κ1) is 11.5. The van der Waals surface area contributed by atoms with Crippen LogP contribution in [0.2, 0.25) is 5.22 Å². The Morgan fingerprint density at radius 2 is 2.00 bits per heavy atom. The average Bonchev–Trinajstić information content (AvgIpc) is 2.68. The number of hydrogen-bond acceptors (Lipinski definition) is 2. The molecule has 2 aromatic rings. The lowest BCUT2D eigenvalue weighted by Gasteiger charge is -2.04. The first-order chi connectivity index (χ1) is 7.66. The zero-order chi connectivity index (χ0) is 11.5. The van der Waals surface area contributed by atoms with E-state index in [0.29, 0.717) is 0 Å². The predicted octanol–water partition coefficient (Wildman–Crippen LogP) is 3.79. The van der Waals surface area contributed by atoms with Crippen LogP contribution in [-0.4, -0.2) is 5.91 Å². The number of rotatable bonds is 2. The smallest absolute Gasteiger partial charge is 0.291 e. The molecule has 2 rings (SSSR count). The van der Waals surface area contributed by atoms with Gasteiger partial charge in [-0.05, 0) is 58.5 Å². The fourth-order valence-electron chi connectivity index (χ4n) is 1.18. The first-order valence-corrected chi connectivity index (χ1v) is 5.94. The lowest BCUT2D eigenvalue weighted by Crippen LogP contribution is -2.11. The van der Waals surface area contributed by atoms with Crippen molar-refractivity contribution < 1.29 is 9.21 Å². The highest BCUT2D eigenvalue weighted by molar-refractivity contribution is 14.1. The zero-order valence-electron chi connectivity index (χ0n) is 8.04. The molecule has 3 nitrogen and oxygen atoms in total. The second kappa shape index (κ2) is 4.88. The van der Waals surface area contributed by atoms with E-state index in [0.717, 1.165) is 9.26 Å². The Kier molecular flexibility index (Phi) is 3.50. The lowest BCUT2D eigenvalue weighted by atomic mass is 10.3. The van der Waals surface area contributed by atoms with E-state index in [-0.39, 0.29) is 16.9 Å². The van der Waals surface area contributed by atoms with Crippen LogP contribution in [0.3, 0.4) is 0 Å². The Morgan fingerprint density at radius 3 is 2.62 bits per heavy atom. The monoisotopic (exact) mass is 347 g/mol. The van der Waals surface area contributed by atoms with Gasteiger partial charge in [0.2, 0.25) is 0 Å². The number of amides is 1. The number of benzene rings is 1. The van der Waals surface area contributed by atoms with Crippen LogP contribution in [-0.2, 0) is 0 Å². The molecule has 1 aromatic heterocycles. The number of hydrogen-bond donors (Lipinski definition) is 1. The predicted molar refractivity (Wildman–Crippen MR) is 70.8 cm³/mol. The van der Waals surface area contributed by atoms with E-state index >= 15 is 0 Å². The third-order valence-corrected chi connectivity index (χ3v) is 3.06. The molecule has 0 spiro atoms. The molecule has 0 bridgehead atoms. The maximum Gasteiger partial charge on any atom is 0.291 e. The van der Waals surface area contributed by atoms with Crippen molar-refractivity contribution in [2.45, 2.75) is 0 Å². The van der Waals surface area contributed by atoms with E-state index in [1.165, 1.54) is 12.1 Å². The van der Waals surface area contributed by atoms with Crippen LogP contribution in [0, 0.1) is 3.57 Å². The fourth-order valence-corrected chi connectivity index (χ4v) is 1.85. The van der Waals surface area contributed by atoms with Gasteiger partial charge in [0, 0.05) is 3.57 Å². The summed E-state index contributed by atoms with van der Waals surface area (Å²) in [6, 6.07) is 10.6. The second-order valence-corrected chi connectivity index (χ2v) is 4.57. The first-order valence-electron chi connectivity index (χ1n) is 4.48. The summed E-state index contributed by atoms with van der Waals surface area (Å²) in [7, 11) is 0. The van der Waals surface area contributed by atoms with Crippen molar-refractivity contribution in [3.63, 3.8) is 0 Å². The molecule has 0 aliphatic rings. The van der Waals surface area contributed by atoms with Gasteiger partial charge in [-0.3, -0.25) is 4.79 Å². The molecular formula is C11H7ClINO2. The summed E-state index contributed by atoms with van der Waals surface area (Å²) in [5.74, 6) is -0.110. The van der Waals surface area contributed by atoms with Crippen molar-refractivity contribution in [1.29, 1.82) is 0 Å². The van der Waals surface area contributed by atoms with Crippen molar-refractivity contribution in [2.75, 3.05) is 5.32 Å². The van der Waals surface area contributed by atoms with Crippen LogP contribution < -0.4 is 5.32 Å². The van der Waals surface area contributed by atoms with Gasteiger partial charge < -0.3 is 9.73 Å². The molecule has 1 amide bonds. The molecule has 82 valence electrons. The maximum atomic E-state index is 11.7. The van der Waals surface area contributed by atoms with Gasteiger partial charge in [-0.25, -0.2) is 0 Å². The molecule has 0 fully saturated rings. The van der Waals surface area contributed by atoms with Gasteiger partial charge in [0.1, 0.15) is 0 Å². The van der Waals surface area contributed by atoms with Gasteiger partial charge in [0.15, 0.2) is 11.0 Å². The molecule has 1 aromatic carbocycles. The Morgan fingerprint density at radius 1 is 1.25 bits per heavy atom. The molecule has 0 unspecified atom stereocenters. The van der Waals surface area contributed by atoms with Crippen LogP contribution in [0.5, 0.6) is 0 Å². The van der Waals surface area contributed by atoms with Crippen molar-refractivity contribution in [1.82, 2.24) is 0 Å². The average molecular weight is 348 g/mol. The van der Waals surface area contributed by atoms with Crippen molar-refractivity contribution in [3.05, 3.63) is 50.9 Å². The van der Waals surface area contributed by atoms with Crippen LogP contribution >= 0.6 is 34.2 Å². The van der Waals surface area contributed by atoms with Gasteiger partial charge in [-0.1, -0.05) is 12.1 Å². The van der Waals surface area contributed by atoms with E-state index in [1.807, 2.05) is 24.3 Å². The highest BCUT2D eigenvalue weighted by Gasteiger charge is 2.11. The summed E-state index contributed by atoms with van der Waals surface area (Å²) in [5.41, 5.74) is 0.751. The number of carbonyl (C=O) groups excluding carboxylic acids is 1. The molecule has 16 heavy (non-hydrogen) atoms. The van der Waals surface area contributed by atoms with E-state index in [4.69, 9.17) is 16.0 Å².